The minimum absolute atomic E-state index is 0.0906. The molecule has 6 nitrogen and oxygen atoms in total. The Balaban J connectivity index is 2.51. The zero-order valence-electron chi connectivity index (χ0n) is 12.8. The molecule has 2 N–H and O–H groups in total. The second-order valence-corrected chi connectivity index (χ2v) is 6.37. The van der Waals surface area contributed by atoms with Crippen LogP contribution in [0.1, 0.15) is 6.92 Å². The van der Waals surface area contributed by atoms with E-state index in [1.54, 1.807) is 0 Å². The van der Waals surface area contributed by atoms with Gasteiger partial charge in [0.05, 0.1) is 18.5 Å². The number of benzene rings is 2. The van der Waals surface area contributed by atoms with Crippen molar-refractivity contribution < 1.29 is 26.7 Å². The molecule has 0 heterocycles. The molecule has 0 bridgehead atoms. The second-order valence-electron chi connectivity index (χ2n) is 4.75. The first-order valence-electron chi connectivity index (χ1n) is 6.67. The van der Waals surface area contributed by atoms with Gasteiger partial charge in [-0.05, 0) is 24.3 Å². The van der Waals surface area contributed by atoms with E-state index in [9.17, 15) is 22.0 Å². The van der Waals surface area contributed by atoms with Crippen molar-refractivity contribution in [3.05, 3.63) is 48.0 Å². The average Bonchev–Trinajstić information content (AvgIpc) is 2.47. The molecule has 0 saturated carbocycles. The van der Waals surface area contributed by atoms with Crippen molar-refractivity contribution in [1.29, 1.82) is 0 Å². The Bertz CT molecular complexity index is 865. The largest absolute Gasteiger partial charge is 0.497 e. The number of methoxy groups -OCH3 is 1. The predicted molar refractivity (Wildman–Crippen MR) is 84.5 cm³/mol. The van der Waals surface area contributed by atoms with Crippen LogP contribution in [0.4, 0.5) is 20.2 Å². The van der Waals surface area contributed by atoms with E-state index in [4.69, 9.17) is 4.74 Å². The lowest BCUT2D eigenvalue weighted by Crippen LogP contribution is -2.18. The fourth-order valence-electron chi connectivity index (χ4n) is 1.97. The summed E-state index contributed by atoms with van der Waals surface area (Å²) in [7, 11) is -3.20. The molecular formula is C15H14F2N2O4S. The number of hydrogen-bond donors (Lipinski definition) is 2. The van der Waals surface area contributed by atoms with Gasteiger partial charge in [-0.25, -0.2) is 17.2 Å². The van der Waals surface area contributed by atoms with E-state index in [0.29, 0.717) is 0 Å². The molecule has 2 aromatic carbocycles. The summed E-state index contributed by atoms with van der Waals surface area (Å²) in [6.45, 7) is 1.24. The molecule has 128 valence electrons. The van der Waals surface area contributed by atoms with E-state index in [1.807, 2.05) is 0 Å². The Labute approximate surface area is 137 Å². The number of anilines is 2. The van der Waals surface area contributed by atoms with Crippen LogP contribution in [0.2, 0.25) is 0 Å². The highest BCUT2D eigenvalue weighted by Crippen LogP contribution is 2.30. The van der Waals surface area contributed by atoms with E-state index in [2.05, 4.69) is 10.0 Å². The molecule has 0 fully saturated rings. The molecule has 0 aliphatic carbocycles. The summed E-state index contributed by atoms with van der Waals surface area (Å²) in [5.41, 5.74) is 0.0239. The Hall–Kier alpha value is -2.68. The maximum atomic E-state index is 13.8. The number of carbonyl (C=O) groups is 1. The van der Waals surface area contributed by atoms with Crippen LogP contribution in [-0.4, -0.2) is 21.4 Å². The Morgan fingerprint density at radius 1 is 1.08 bits per heavy atom. The first kappa shape index (κ1) is 17.7. The fourth-order valence-corrected chi connectivity index (χ4v) is 3.18. The molecule has 2 aromatic rings. The number of ether oxygens (including phenoxy) is 1. The number of rotatable bonds is 5. The van der Waals surface area contributed by atoms with Gasteiger partial charge in [0.2, 0.25) is 5.91 Å². The zero-order chi connectivity index (χ0) is 17.9. The van der Waals surface area contributed by atoms with Crippen molar-refractivity contribution >= 4 is 27.3 Å². The Morgan fingerprint density at radius 2 is 1.71 bits per heavy atom. The average molecular weight is 356 g/mol. The summed E-state index contributed by atoms with van der Waals surface area (Å²) < 4.78 is 59.2. The summed E-state index contributed by atoms with van der Waals surface area (Å²) in [5.74, 6) is -2.62. The lowest BCUT2D eigenvalue weighted by Gasteiger charge is -2.15. The Kier molecular flexibility index (Phi) is 5.03. The normalized spacial score (nSPS) is 11.0. The van der Waals surface area contributed by atoms with Crippen molar-refractivity contribution in [2.24, 2.45) is 0 Å². The van der Waals surface area contributed by atoms with E-state index >= 15 is 0 Å². The van der Waals surface area contributed by atoms with E-state index in [-0.39, 0.29) is 17.1 Å². The molecule has 0 aliphatic rings. The van der Waals surface area contributed by atoms with E-state index in [1.165, 1.54) is 32.2 Å². The predicted octanol–water partition coefficient (Wildman–Crippen LogP) is 2.73. The van der Waals surface area contributed by atoms with Gasteiger partial charge < -0.3 is 10.1 Å². The van der Waals surface area contributed by atoms with Gasteiger partial charge in [-0.3, -0.25) is 9.52 Å². The van der Waals surface area contributed by atoms with Crippen LogP contribution < -0.4 is 14.8 Å². The van der Waals surface area contributed by atoms with Crippen LogP contribution >= 0.6 is 0 Å². The molecule has 0 aromatic heterocycles. The molecule has 0 unspecified atom stereocenters. The van der Waals surface area contributed by atoms with Gasteiger partial charge in [-0.2, -0.15) is 0 Å². The molecule has 0 atom stereocenters. The lowest BCUT2D eigenvalue weighted by atomic mass is 10.2. The minimum Gasteiger partial charge on any atom is -0.497 e. The molecule has 0 saturated heterocycles. The number of hydrogen-bond acceptors (Lipinski definition) is 4. The number of carbonyl (C=O) groups excluding carboxylic acids is 1. The topological polar surface area (TPSA) is 84.5 Å². The van der Waals surface area contributed by atoms with Gasteiger partial charge in [0.1, 0.15) is 17.4 Å². The zero-order valence-corrected chi connectivity index (χ0v) is 13.6. The minimum atomic E-state index is -4.56. The summed E-state index contributed by atoms with van der Waals surface area (Å²) in [4.78, 5) is 10.1. The van der Waals surface area contributed by atoms with Crippen LogP contribution in [0.3, 0.4) is 0 Å². The molecule has 9 heteroatoms. The lowest BCUT2D eigenvalue weighted by molar-refractivity contribution is -0.114. The highest BCUT2D eigenvalue weighted by molar-refractivity contribution is 7.92. The number of halogens is 2. The summed E-state index contributed by atoms with van der Waals surface area (Å²) >= 11 is 0. The van der Waals surface area contributed by atoms with Crippen molar-refractivity contribution in [3.63, 3.8) is 0 Å². The monoisotopic (exact) mass is 356 g/mol. The maximum Gasteiger partial charge on any atom is 0.267 e. The molecular weight excluding hydrogens is 342 g/mol. The van der Waals surface area contributed by atoms with Crippen molar-refractivity contribution in [2.75, 3.05) is 17.1 Å². The molecule has 2 rings (SSSR count). The quantitative estimate of drug-likeness (QED) is 0.863. The van der Waals surface area contributed by atoms with Crippen LogP contribution in [-0.2, 0) is 14.8 Å². The van der Waals surface area contributed by atoms with Crippen LogP contribution in [0.5, 0.6) is 5.75 Å². The smallest absolute Gasteiger partial charge is 0.267 e. The number of sulfonamides is 1. The van der Waals surface area contributed by atoms with Gasteiger partial charge in [0.15, 0.2) is 4.90 Å². The Morgan fingerprint density at radius 3 is 2.25 bits per heavy atom. The van der Waals surface area contributed by atoms with Crippen LogP contribution in [0, 0.1) is 11.6 Å². The van der Waals surface area contributed by atoms with Crippen LogP contribution in [0.15, 0.2) is 41.3 Å². The second kappa shape index (κ2) is 6.83. The van der Waals surface area contributed by atoms with Crippen molar-refractivity contribution in [1.82, 2.24) is 0 Å². The summed E-state index contributed by atoms with van der Waals surface area (Å²) in [6, 6.07) is 6.89. The molecule has 0 spiro atoms. The number of nitrogens with one attached hydrogen (secondary N) is 2. The van der Waals surface area contributed by atoms with Crippen molar-refractivity contribution in [2.45, 2.75) is 11.8 Å². The third kappa shape index (κ3) is 3.80. The summed E-state index contributed by atoms with van der Waals surface area (Å²) in [6.07, 6.45) is 0. The highest BCUT2D eigenvalue weighted by atomic mass is 32.2. The fraction of sp³-hybridized carbons (Fsp3) is 0.133. The maximum absolute atomic E-state index is 13.8. The van der Waals surface area contributed by atoms with Gasteiger partial charge in [0, 0.05) is 13.0 Å². The molecule has 0 radical (unpaired) electrons. The molecule has 1 amide bonds. The van der Waals surface area contributed by atoms with Gasteiger partial charge in [0.25, 0.3) is 10.0 Å². The van der Waals surface area contributed by atoms with Crippen LogP contribution in [0.25, 0.3) is 0 Å². The summed E-state index contributed by atoms with van der Waals surface area (Å²) in [5, 5.41) is 2.42. The van der Waals surface area contributed by atoms with Gasteiger partial charge in [-0.1, -0.05) is 6.07 Å². The van der Waals surface area contributed by atoms with Gasteiger partial charge >= 0.3 is 0 Å². The van der Waals surface area contributed by atoms with Crippen molar-refractivity contribution in [3.8, 4) is 5.75 Å². The molecule has 0 aliphatic heterocycles. The third-order valence-corrected chi connectivity index (χ3v) is 4.39. The standard InChI is InChI=1S/C15H14F2N2O4S/c1-9(20)18-13-7-6-10(23-2)8-14(13)19-24(21,22)15-11(16)4-3-5-12(15)17/h3-8,19H,1-2H3,(H,18,20). The third-order valence-electron chi connectivity index (χ3n) is 2.97. The first-order chi connectivity index (χ1) is 11.2. The van der Waals surface area contributed by atoms with Gasteiger partial charge in [-0.15, -0.1) is 0 Å². The van der Waals surface area contributed by atoms with E-state index in [0.717, 1.165) is 18.2 Å². The highest BCUT2D eigenvalue weighted by Gasteiger charge is 2.25. The molecule has 24 heavy (non-hydrogen) atoms. The first-order valence-corrected chi connectivity index (χ1v) is 8.15. The van der Waals surface area contributed by atoms with E-state index < -0.39 is 32.5 Å². The SMILES string of the molecule is COc1ccc(NC(C)=O)c(NS(=O)(=O)c2c(F)cccc2F)c1. The number of amides is 1.